The molecule has 0 aliphatic heterocycles. The van der Waals surface area contributed by atoms with Gasteiger partial charge in [0.25, 0.3) is 5.54 Å². The number of hydrogen-bond donors (Lipinski definition) is 1. The molecule has 19 heavy (non-hydrogen) atoms. The van der Waals surface area contributed by atoms with Gasteiger partial charge in [-0.15, -0.1) is 0 Å². The molecule has 5 nitrogen and oxygen atoms in total. The number of rotatable bonds is 4. The monoisotopic (exact) mass is 269 g/mol. The molecule has 0 unspecified atom stereocenters. The SMILES string of the molecule is CCCC[C@H]1C[C@]2([N+](=O)[O-])CCCC[C@H](C2=O)[C@@H]1O. The number of aliphatic hydroxyl groups is 1. The highest BCUT2D eigenvalue weighted by atomic mass is 16.6. The van der Waals surface area contributed by atoms with Crippen LogP contribution in [0.25, 0.3) is 0 Å². The van der Waals surface area contributed by atoms with Gasteiger partial charge in [-0.3, -0.25) is 14.9 Å². The van der Waals surface area contributed by atoms with Gasteiger partial charge in [0.15, 0.2) is 0 Å². The smallest absolute Gasteiger partial charge is 0.279 e. The van der Waals surface area contributed by atoms with Crippen molar-refractivity contribution in [2.75, 3.05) is 0 Å². The lowest BCUT2D eigenvalue weighted by atomic mass is 9.66. The average Bonchev–Trinajstić information content (AvgIpc) is 2.49. The van der Waals surface area contributed by atoms with Crippen molar-refractivity contribution in [2.24, 2.45) is 11.8 Å². The van der Waals surface area contributed by atoms with Crippen molar-refractivity contribution in [2.45, 2.75) is 69.9 Å². The van der Waals surface area contributed by atoms with E-state index in [1.807, 2.05) is 0 Å². The van der Waals surface area contributed by atoms with Gasteiger partial charge in [-0.2, -0.15) is 0 Å². The van der Waals surface area contributed by atoms with Crippen LogP contribution in [-0.4, -0.2) is 27.5 Å². The van der Waals surface area contributed by atoms with E-state index < -0.39 is 17.6 Å². The Balaban J connectivity index is 2.29. The fourth-order valence-electron chi connectivity index (χ4n) is 3.79. The predicted octanol–water partition coefficient (Wildman–Crippen LogP) is 2.33. The molecular weight excluding hydrogens is 246 g/mol. The molecule has 108 valence electrons. The van der Waals surface area contributed by atoms with E-state index in [2.05, 4.69) is 6.92 Å². The molecule has 0 aromatic heterocycles. The zero-order valence-corrected chi connectivity index (χ0v) is 11.5. The van der Waals surface area contributed by atoms with Gasteiger partial charge >= 0.3 is 0 Å². The van der Waals surface area contributed by atoms with E-state index in [4.69, 9.17) is 0 Å². The standard InChI is InChI=1S/C14H23NO4/c1-2-3-6-10-9-14(15(18)19)8-5-4-7-11(12(10)16)13(14)17/h10-12,16H,2-9H2,1H3/t10-,11-,12+,14+/m0/s1. The molecule has 0 aromatic rings. The van der Waals surface area contributed by atoms with Gasteiger partial charge in [0, 0.05) is 17.8 Å². The van der Waals surface area contributed by atoms with Gasteiger partial charge in [0.05, 0.1) is 12.0 Å². The first kappa shape index (κ1) is 14.4. The van der Waals surface area contributed by atoms with Crippen molar-refractivity contribution < 1.29 is 14.8 Å². The lowest BCUT2D eigenvalue weighted by Gasteiger charge is -2.39. The highest BCUT2D eigenvalue weighted by Gasteiger charge is 2.60. The zero-order chi connectivity index (χ0) is 14.0. The number of carbonyl (C=O) groups excluding carboxylic acids is 1. The number of hydrogen-bond acceptors (Lipinski definition) is 4. The summed E-state index contributed by atoms with van der Waals surface area (Å²) in [6.45, 7) is 2.07. The number of aliphatic hydroxyl groups excluding tert-OH is 1. The maximum Gasteiger partial charge on any atom is 0.279 e. The summed E-state index contributed by atoms with van der Waals surface area (Å²) < 4.78 is 0. The highest BCUT2D eigenvalue weighted by molar-refractivity contribution is 5.90. The van der Waals surface area contributed by atoms with Crippen molar-refractivity contribution in [3.63, 3.8) is 0 Å². The molecule has 2 rings (SSSR count). The average molecular weight is 269 g/mol. The van der Waals surface area contributed by atoms with Crippen LogP contribution in [0.2, 0.25) is 0 Å². The molecule has 0 saturated heterocycles. The van der Waals surface area contributed by atoms with E-state index in [1.54, 1.807) is 0 Å². The Hall–Kier alpha value is -0.970. The number of nitro groups is 1. The van der Waals surface area contributed by atoms with Gasteiger partial charge in [-0.05, 0) is 25.2 Å². The van der Waals surface area contributed by atoms with Crippen molar-refractivity contribution in [3.8, 4) is 0 Å². The van der Waals surface area contributed by atoms with Crippen LogP contribution in [0.5, 0.6) is 0 Å². The first-order valence-corrected chi connectivity index (χ1v) is 7.40. The van der Waals surface area contributed by atoms with Crippen LogP contribution in [0.15, 0.2) is 0 Å². The summed E-state index contributed by atoms with van der Waals surface area (Å²) in [6, 6.07) is 0. The van der Waals surface area contributed by atoms with Crippen molar-refractivity contribution in [1.82, 2.24) is 0 Å². The normalized spacial score (nSPS) is 38.8. The highest BCUT2D eigenvalue weighted by Crippen LogP contribution is 2.44. The number of ketones is 1. The Labute approximate surface area is 113 Å². The molecule has 2 fully saturated rings. The summed E-state index contributed by atoms with van der Waals surface area (Å²) in [5.41, 5.74) is -1.40. The fraction of sp³-hybridized carbons (Fsp3) is 0.929. The molecule has 0 heterocycles. The molecule has 0 spiro atoms. The molecule has 2 bridgehead atoms. The third-order valence-electron chi connectivity index (χ3n) is 4.92. The minimum atomic E-state index is -1.40. The van der Waals surface area contributed by atoms with E-state index in [0.717, 1.165) is 32.1 Å². The van der Waals surface area contributed by atoms with Crippen LogP contribution in [0.4, 0.5) is 0 Å². The molecule has 4 atom stereocenters. The van der Waals surface area contributed by atoms with Gasteiger partial charge < -0.3 is 5.11 Å². The molecule has 5 heteroatoms. The lowest BCUT2D eigenvalue weighted by Crippen LogP contribution is -2.58. The number of carbonyl (C=O) groups is 1. The largest absolute Gasteiger partial charge is 0.392 e. The van der Waals surface area contributed by atoms with E-state index in [1.165, 1.54) is 0 Å². The van der Waals surface area contributed by atoms with E-state index >= 15 is 0 Å². The molecule has 0 aromatic carbocycles. The summed E-state index contributed by atoms with van der Waals surface area (Å²) in [7, 11) is 0. The maximum absolute atomic E-state index is 12.4. The van der Waals surface area contributed by atoms with Crippen LogP contribution in [0.3, 0.4) is 0 Å². The van der Waals surface area contributed by atoms with Crippen molar-refractivity contribution in [3.05, 3.63) is 10.1 Å². The lowest BCUT2D eigenvalue weighted by molar-refractivity contribution is -0.558. The Morgan fingerprint density at radius 1 is 1.47 bits per heavy atom. The zero-order valence-electron chi connectivity index (χ0n) is 11.5. The van der Waals surface area contributed by atoms with Crippen LogP contribution in [0, 0.1) is 22.0 Å². The molecule has 0 amide bonds. The Kier molecular flexibility index (Phi) is 4.23. The number of Topliss-reactive ketones (excluding diaryl/α,β-unsaturated/α-hetero) is 1. The number of fused-ring (bicyclic) bond motifs is 2. The quantitative estimate of drug-likeness (QED) is 0.627. The second-order valence-electron chi connectivity index (χ2n) is 6.10. The maximum atomic E-state index is 12.4. The molecule has 2 saturated carbocycles. The fourth-order valence-corrected chi connectivity index (χ4v) is 3.79. The van der Waals surface area contributed by atoms with Crippen LogP contribution < -0.4 is 0 Å². The minimum absolute atomic E-state index is 0.0915. The summed E-state index contributed by atoms with van der Waals surface area (Å²) in [5, 5.41) is 21.8. The van der Waals surface area contributed by atoms with Crippen LogP contribution in [-0.2, 0) is 4.79 Å². The molecule has 1 N–H and O–H groups in total. The van der Waals surface area contributed by atoms with Gasteiger partial charge in [-0.1, -0.05) is 26.2 Å². The van der Waals surface area contributed by atoms with E-state index in [-0.39, 0.29) is 23.0 Å². The molecule has 2 aliphatic rings. The van der Waals surface area contributed by atoms with E-state index in [9.17, 15) is 20.0 Å². The van der Waals surface area contributed by atoms with Crippen molar-refractivity contribution in [1.29, 1.82) is 0 Å². The summed E-state index contributed by atoms with van der Waals surface area (Å²) >= 11 is 0. The van der Waals surface area contributed by atoms with Crippen LogP contribution in [0.1, 0.15) is 58.3 Å². The summed E-state index contributed by atoms with van der Waals surface area (Å²) in [5.74, 6) is -0.912. The third-order valence-corrected chi connectivity index (χ3v) is 4.92. The summed E-state index contributed by atoms with van der Waals surface area (Å²) in [6.07, 6.45) is 4.80. The first-order valence-electron chi connectivity index (χ1n) is 7.40. The number of unbranched alkanes of at least 4 members (excludes halogenated alkanes) is 1. The van der Waals surface area contributed by atoms with Crippen molar-refractivity contribution >= 4 is 5.78 Å². The Morgan fingerprint density at radius 3 is 2.84 bits per heavy atom. The minimum Gasteiger partial charge on any atom is -0.392 e. The van der Waals surface area contributed by atoms with Crippen LogP contribution >= 0.6 is 0 Å². The van der Waals surface area contributed by atoms with Gasteiger partial charge in [0.1, 0.15) is 0 Å². The summed E-state index contributed by atoms with van der Waals surface area (Å²) in [4.78, 5) is 23.5. The third kappa shape index (κ3) is 2.40. The van der Waals surface area contributed by atoms with Gasteiger partial charge in [0.2, 0.25) is 5.78 Å². The topological polar surface area (TPSA) is 80.4 Å². The molecule has 0 radical (unpaired) electrons. The Bertz CT molecular complexity index is 370. The molecule has 2 aliphatic carbocycles. The second kappa shape index (κ2) is 5.57. The molecular formula is C14H23NO4. The number of nitrogens with zero attached hydrogens (tertiary/aromatic N) is 1. The van der Waals surface area contributed by atoms with Gasteiger partial charge in [-0.25, -0.2) is 0 Å². The first-order chi connectivity index (χ1) is 9.03. The Morgan fingerprint density at radius 2 is 2.21 bits per heavy atom. The van der Waals surface area contributed by atoms with E-state index in [0.29, 0.717) is 12.8 Å². The predicted molar refractivity (Wildman–Crippen MR) is 70.3 cm³/mol. The second-order valence-corrected chi connectivity index (χ2v) is 6.10.